The van der Waals surface area contributed by atoms with Crippen LogP contribution in [-0.4, -0.2) is 11.0 Å². The first-order chi connectivity index (χ1) is 8.47. The van der Waals surface area contributed by atoms with Crippen LogP contribution >= 0.6 is 11.3 Å². The van der Waals surface area contributed by atoms with Gasteiger partial charge in [-0.1, -0.05) is 0 Å². The molecular weight excluding hydrogens is 247 g/mol. The minimum atomic E-state index is -0.178. The van der Waals surface area contributed by atoms with Crippen molar-refractivity contribution in [1.29, 1.82) is 0 Å². The molecule has 0 amide bonds. The summed E-state index contributed by atoms with van der Waals surface area (Å²) in [5.41, 5.74) is 8.34. The predicted octanol–water partition coefficient (Wildman–Crippen LogP) is 3.46. The highest BCUT2D eigenvalue weighted by Gasteiger charge is 2.12. The van der Waals surface area contributed by atoms with Crippen LogP contribution in [0.25, 0.3) is 11.3 Å². The average molecular weight is 264 g/mol. The highest BCUT2D eigenvalue weighted by atomic mass is 32.1. The third-order valence-corrected chi connectivity index (χ3v) is 3.76. The lowest BCUT2D eigenvalue weighted by Gasteiger charge is -2.02. The van der Waals surface area contributed by atoms with E-state index in [0.29, 0.717) is 5.56 Å². The molecule has 18 heavy (non-hydrogen) atoms. The van der Waals surface area contributed by atoms with E-state index in [1.54, 1.807) is 24.3 Å². The lowest BCUT2D eigenvalue weighted by molar-refractivity contribution is 0.619. The van der Waals surface area contributed by atoms with Crippen LogP contribution in [0.3, 0.4) is 0 Å². The summed E-state index contributed by atoms with van der Waals surface area (Å²) in [6.07, 6.45) is 0.783. The summed E-state index contributed by atoms with van der Waals surface area (Å²) in [5, 5.41) is 1.04. The van der Waals surface area contributed by atoms with Crippen molar-refractivity contribution in [2.45, 2.75) is 33.2 Å². The molecule has 2 N–H and O–H groups in total. The van der Waals surface area contributed by atoms with Crippen molar-refractivity contribution in [3.8, 4) is 11.3 Å². The second-order valence-corrected chi connectivity index (χ2v) is 5.95. The first-order valence-corrected chi connectivity index (χ1v) is 6.77. The Balaban J connectivity index is 2.38. The van der Waals surface area contributed by atoms with Gasteiger partial charge >= 0.3 is 0 Å². The summed E-state index contributed by atoms with van der Waals surface area (Å²) in [5.74, 6) is -0.178. The molecule has 0 fully saturated rings. The fourth-order valence-electron chi connectivity index (χ4n) is 1.87. The molecule has 0 saturated heterocycles. The number of thiazole rings is 1. The lowest BCUT2D eigenvalue weighted by Crippen LogP contribution is -2.17. The second-order valence-electron chi connectivity index (χ2n) is 4.66. The molecule has 2 aromatic rings. The SMILES string of the molecule is Cc1cc(-c2nc(CC(C)N)sc2C)ccc1F. The molecular formula is C14H17FN2S. The molecule has 0 aliphatic heterocycles. The molecule has 0 bridgehead atoms. The van der Waals surface area contributed by atoms with Gasteiger partial charge in [0.05, 0.1) is 10.7 Å². The fourth-order valence-corrected chi connectivity index (χ4v) is 2.97. The van der Waals surface area contributed by atoms with E-state index in [1.165, 1.54) is 6.07 Å². The molecule has 1 unspecified atom stereocenters. The zero-order chi connectivity index (χ0) is 13.3. The van der Waals surface area contributed by atoms with Gasteiger partial charge in [0.15, 0.2) is 0 Å². The van der Waals surface area contributed by atoms with Gasteiger partial charge in [0.2, 0.25) is 0 Å². The number of hydrogen-bond donors (Lipinski definition) is 1. The normalized spacial score (nSPS) is 12.7. The zero-order valence-corrected chi connectivity index (χ0v) is 11.6. The lowest BCUT2D eigenvalue weighted by atomic mass is 10.1. The molecule has 96 valence electrons. The Kier molecular flexibility index (Phi) is 3.78. The van der Waals surface area contributed by atoms with Gasteiger partial charge in [-0.15, -0.1) is 11.3 Å². The molecule has 1 heterocycles. The molecule has 2 nitrogen and oxygen atoms in total. The van der Waals surface area contributed by atoms with E-state index in [9.17, 15) is 4.39 Å². The van der Waals surface area contributed by atoms with Crippen LogP contribution < -0.4 is 5.73 Å². The van der Waals surface area contributed by atoms with Crippen LogP contribution in [0, 0.1) is 19.7 Å². The maximum atomic E-state index is 13.3. The third-order valence-electron chi connectivity index (χ3n) is 2.77. The minimum Gasteiger partial charge on any atom is -0.328 e. The standard InChI is InChI=1S/C14H17FN2S/c1-8-6-11(4-5-12(8)15)14-10(3)18-13(17-14)7-9(2)16/h4-6,9H,7,16H2,1-3H3. The van der Waals surface area contributed by atoms with Gasteiger partial charge in [-0.3, -0.25) is 0 Å². The molecule has 0 spiro atoms. The zero-order valence-electron chi connectivity index (χ0n) is 10.8. The maximum Gasteiger partial charge on any atom is 0.126 e. The number of nitrogens with two attached hydrogens (primary N) is 1. The van der Waals surface area contributed by atoms with E-state index in [1.807, 2.05) is 19.9 Å². The second kappa shape index (κ2) is 5.16. The Morgan fingerprint density at radius 3 is 2.72 bits per heavy atom. The van der Waals surface area contributed by atoms with Crippen molar-refractivity contribution in [1.82, 2.24) is 4.98 Å². The quantitative estimate of drug-likeness (QED) is 0.922. The molecule has 0 radical (unpaired) electrons. The van der Waals surface area contributed by atoms with Crippen molar-refractivity contribution in [2.24, 2.45) is 5.73 Å². The van der Waals surface area contributed by atoms with Crippen LogP contribution in [0.5, 0.6) is 0 Å². The molecule has 4 heteroatoms. The minimum absolute atomic E-state index is 0.110. The summed E-state index contributed by atoms with van der Waals surface area (Å²) < 4.78 is 13.3. The summed E-state index contributed by atoms with van der Waals surface area (Å²) in [7, 11) is 0. The topological polar surface area (TPSA) is 38.9 Å². The van der Waals surface area contributed by atoms with Gasteiger partial charge in [-0.2, -0.15) is 0 Å². The van der Waals surface area contributed by atoms with Crippen LogP contribution in [-0.2, 0) is 6.42 Å². The molecule has 0 aliphatic rings. The summed E-state index contributed by atoms with van der Waals surface area (Å²) >= 11 is 1.66. The highest BCUT2D eigenvalue weighted by Crippen LogP contribution is 2.29. The average Bonchev–Trinajstić information content (AvgIpc) is 2.62. The van der Waals surface area contributed by atoms with Crippen molar-refractivity contribution in [3.05, 3.63) is 39.5 Å². The summed E-state index contributed by atoms with van der Waals surface area (Å²) in [4.78, 5) is 5.76. The van der Waals surface area contributed by atoms with E-state index in [4.69, 9.17) is 5.73 Å². The van der Waals surface area contributed by atoms with Gasteiger partial charge in [0.1, 0.15) is 5.82 Å². The van der Waals surface area contributed by atoms with Crippen molar-refractivity contribution >= 4 is 11.3 Å². The molecule has 1 aromatic carbocycles. The highest BCUT2D eigenvalue weighted by molar-refractivity contribution is 7.12. The third kappa shape index (κ3) is 2.76. The van der Waals surface area contributed by atoms with Crippen LogP contribution in [0.4, 0.5) is 4.39 Å². The van der Waals surface area contributed by atoms with Gasteiger partial charge in [-0.25, -0.2) is 9.37 Å². The Morgan fingerprint density at radius 2 is 2.11 bits per heavy atom. The van der Waals surface area contributed by atoms with Crippen LogP contribution in [0.1, 0.15) is 22.4 Å². The number of benzene rings is 1. The van der Waals surface area contributed by atoms with E-state index in [0.717, 1.165) is 27.6 Å². The smallest absolute Gasteiger partial charge is 0.126 e. The first-order valence-electron chi connectivity index (χ1n) is 5.95. The summed E-state index contributed by atoms with van der Waals surface area (Å²) in [6, 6.07) is 5.22. The maximum absolute atomic E-state index is 13.3. The van der Waals surface area contributed by atoms with Gasteiger partial charge in [0.25, 0.3) is 0 Å². The Morgan fingerprint density at radius 1 is 1.39 bits per heavy atom. The molecule has 2 rings (SSSR count). The van der Waals surface area contributed by atoms with E-state index < -0.39 is 0 Å². The van der Waals surface area contributed by atoms with Crippen LogP contribution in [0.2, 0.25) is 0 Å². The number of aromatic nitrogens is 1. The number of nitrogens with zero attached hydrogens (tertiary/aromatic N) is 1. The number of halogens is 1. The van der Waals surface area contributed by atoms with Crippen molar-refractivity contribution in [3.63, 3.8) is 0 Å². The Hall–Kier alpha value is -1.26. The van der Waals surface area contributed by atoms with E-state index in [2.05, 4.69) is 4.98 Å². The van der Waals surface area contributed by atoms with Crippen LogP contribution in [0.15, 0.2) is 18.2 Å². The van der Waals surface area contributed by atoms with Crippen molar-refractivity contribution in [2.75, 3.05) is 0 Å². The van der Waals surface area contributed by atoms with Gasteiger partial charge in [0, 0.05) is 22.9 Å². The fraction of sp³-hybridized carbons (Fsp3) is 0.357. The molecule has 1 atom stereocenters. The molecule has 0 aliphatic carbocycles. The number of rotatable bonds is 3. The summed E-state index contributed by atoms with van der Waals surface area (Å²) in [6.45, 7) is 5.78. The monoisotopic (exact) mass is 264 g/mol. The Labute approximate surface area is 111 Å². The van der Waals surface area contributed by atoms with Gasteiger partial charge in [-0.05, 0) is 44.5 Å². The van der Waals surface area contributed by atoms with Crippen molar-refractivity contribution < 1.29 is 4.39 Å². The van der Waals surface area contributed by atoms with Gasteiger partial charge < -0.3 is 5.73 Å². The molecule has 1 aromatic heterocycles. The largest absolute Gasteiger partial charge is 0.328 e. The predicted molar refractivity (Wildman–Crippen MR) is 74.3 cm³/mol. The Bertz CT molecular complexity index is 561. The van der Waals surface area contributed by atoms with E-state index in [-0.39, 0.29) is 11.9 Å². The molecule has 0 saturated carbocycles. The number of aryl methyl sites for hydroxylation is 2. The number of hydrogen-bond acceptors (Lipinski definition) is 3. The first kappa shape index (κ1) is 13.2. The van der Waals surface area contributed by atoms with E-state index >= 15 is 0 Å².